The third kappa shape index (κ3) is 5.55. The van der Waals surface area contributed by atoms with Crippen molar-refractivity contribution in [3.63, 3.8) is 0 Å². The minimum atomic E-state index is -3.73. The van der Waals surface area contributed by atoms with Crippen LogP contribution in [0.2, 0.25) is 0 Å². The smallest absolute Gasteiger partial charge is 0.261 e. The van der Waals surface area contributed by atoms with Crippen LogP contribution in [0.15, 0.2) is 144 Å². The van der Waals surface area contributed by atoms with Gasteiger partial charge in [-0.3, -0.25) is 4.72 Å². The normalized spacial score (nSPS) is 11.1. The number of benzene rings is 5. The van der Waals surface area contributed by atoms with Crippen LogP contribution in [-0.2, 0) is 10.0 Å². The van der Waals surface area contributed by atoms with Crippen LogP contribution >= 0.6 is 0 Å². The Balaban J connectivity index is 1.69. The number of aryl methyl sites for hydroxylation is 1. The summed E-state index contributed by atoms with van der Waals surface area (Å²) >= 11 is 0. The Labute approximate surface area is 218 Å². The van der Waals surface area contributed by atoms with E-state index in [9.17, 15) is 8.42 Å². The Kier molecular flexibility index (Phi) is 7.02. The molecule has 37 heavy (non-hydrogen) atoms. The van der Waals surface area contributed by atoms with Crippen LogP contribution in [-0.4, -0.2) is 8.42 Å². The number of anilines is 1. The highest BCUT2D eigenvalue weighted by Gasteiger charge is 2.18. The Morgan fingerprint density at radius 1 is 0.514 bits per heavy atom. The van der Waals surface area contributed by atoms with E-state index in [1.54, 1.807) is 30.3 Å². The van der Waals surface area contributed by atoms with Gasteiger partial charge in [0.05, 0.1) is 4.90 Å². The van der Waals surface area contributed by atoms with Crippen LogP contribution in [0, 0.1) is 6.92 Å². The summed E-state index contributed by atoms with van der Waals surface area (Å²) in [5.74, 6) is 0. The lowest BCUT2D eigenvalue weighted by Crippen LogP contribution is -2.13. The van der Waals surface area contributed by atoms with Gasteiger partial charge in [-0.1, -0.05) is 121 Å². The molecular formula is C33H27NO2S. The highest BCUT2D eigenvalue weighted by Crippen LogP contribution is 2.37. The van der Waals surface area contributed by atoms with Crippen LogP contribution in [0.1, 0.15) is 27.8 Å². The van der Waals surface area contributed by atoms with Gasteiger partial charge in [0.15, 0.2) is 0 Å². The number of sulfonamides is 1. The van der Waals surface area contributed by atoms with Crippen molar-refractivity contribution in [3.05, 3.63) is 167 Å². The van der Waals surface area contributed by atoms with Gasteiger partial charge in [-0.15, -0.1) is 0 Å². The Morgan fingerprint density at radius 3 is 1.43 bits per heavy atom. The summed E-state index contributed by atoms with van der Waals surface area (Å²) in [7, 11) is -3.73. The molecular weight excluding hydrogens is 474 g/mol. The monoisotopic (exact) mass is 501 g/mol. The standard InChI is InChI=1S/C33H27NO2S/c1-25-20-22-31(23-21-25)37(35,36)34-30-19-11-18-29(24-30)33(28-16-9-4-10-17-28)32(26-12-5-2-6-13-26)27-14-7-3-8-15-27/h2-24,34H,1H3. The van der Waals surface area contributed by atoms with E-state index in [-0.39, 0.29) is 4.90 Å². The number of nitrogens with one attached hydrogen (secondary N) is 1. The number of hydrogen-bond acceptors (Lipinski definition) is 2. The largest absolute Gasteiger partial charge is 0.280 e. The maximum absolute atomic E-state index is 13.1. The van der Waals surface area contributed by atoms with Gasteiger partial charge in [-0.05, 0) is 64.6 Å². The van der Waals surface area contributed by atoms with Crippen molar-refractivity contribution < 1.29 is 8.42 Å². The van der Waals surface area contributed by atoms with Gasteiger partial charge in [-0.25, -0.2) is 8.42 Å². The van der Waals surface area contributed by atoms with Gasteiger partial charge in [0.2, 0.25) is 0 Å². The molecule has 0 heterocycles. The van der Waals surface area contributed by atoms with Gasteiger partial charge in [0, 0.05) is 5.69 Å². The van der Waals surface area contributed by atoms with E-state index in [4.69, 9.17) is 0 Å². The number of hydrogen-bond donors (Lipinski definition) is 1. The topological polar surface area (TPSA) is 46.2 Å². The van der Waals surface area contributed by atoms with Crippen molar-refractivity contribution in [3.8, 4) is 0 Å². The first-order chi connectivity index (χ1) is 18.0. The van der Waals surface area contributed by atoms with E-state index in [1.807, 2.05) is 79.7 Å². The average molecular weight is 502 g/mol. The first kappa shape index (κ1) is 24.3. The molecule has 0 spiro atoms. The lowest BCUT2D eigenvalue weighted by atomic mass is 9.86. The predicted molar refractivity (Wildman–Crippen MR) is 153 cm³/mol. The lowest BCUT2D eigenvalue weighted by molar-refractivity contribution is 0.601. The van der Waals surface area contributed by atoms with Crippen LogP contribution in [0.3, 0.4) is 0 Å². The van der Waals surface area contributed by atoms with Crippen LogP contribution < -0.4 is 4.72 Å². The molecule has 0 aliphatic heterocycles. The summed E-state index contributed by atoms with van der Waals surface area (Å²) < 4.78 is 29.0. The molecule has 0 saturated carbocycles. The van der Waals surface area contributed by atoms with Crippen molar-refractivity contribution in [1.29, 1.82) is 0 Å². The third-order valence-electron chi connectivity index (χ3n) is 6.17. The van der Waals surface area contributed by atoms with E-state index in [0.717, 1.165) is 39.0 Å². The maximum Gasteiger partial charge on any atom is 0.261 e. The number of rotatable bonds is 7. The highest BCUT2D eigenvalue weighted by molar-refractivity contribution is 7.92. The first-order valence-electron chi connectivity index (χ1n) is 12.1. The van der Waals surface area contributed by atoms with E-state index < -0.39 is 10.0 Å². The maximum atomic E-state index is 13.1. The van der Waals surface area contributed by atoms with Crippen molar-refractivity contribution in [2.45, 2.75) is 11.8 Å². The van der Waals surface area contributed by atoms with Crippen molar-refractivity contribution in [1.82, 2.24) is 0 Å². The molecule has 0 amide bonds. The molecule has 5 aromatic carbocycles. The summed E-state index contributed by atoms with van der Waals surface area (Å²) in [6.07, 6.45) is 0. The van der Waals surface area contributed by atoms with Gasteiger partial charge >= 0.3 is 0 Å². The lowest BCUT2D eigenvalue weighted by Gasteiger charge is -2.19. The zero-order valence-corrected chi connectivity index (χ0v) is 21.3. The molecule has 0 aromatic heterocycles. The fourth-order valence-corrected chi connectivity index (χ4v) is 5.44. The van der Waals surface area contributed by atoms with Crippen molar-refractivity contribution in [2.24, 2.45) is 0 Å². The Hall–Kier alpha value is -4.41. The van der Waals surface area contributed by atoms with Gasteiger partial charge in [-0.2, -0.15) is 0 Å². The molecule has 4 heteroatoms. The molecule has 0 fully saturated rings. The Morgan fingerprint density at radius 2 is 0.946 bits per heavy atom. The fraction of sp³-hybridized carbons (Fsp3) is 0.0303. The molecule has 1 N–H and O–H groups in total. The molecule has 5 rings (SSSR count). The van der Waals surface area contributed by atoms with Gasteiger partial charge in [0.25, 0.3) is 10.0 Å². The molecule has 0 radical (unpaired) electrons. The van der Waals surface area contributed by atoms with Crippen LogP contribution in [0.4, 0.5) is 5.69 Å². The minimum Gasteiger partial charge on any atom is -0.280 e. The van der Waals surface area contributed by atoms with Crippen LogP contribution in [0.5, 0.6) is 0 Å². The third-order valence-corrected chi connectivity index (χ3v) is 7.57. The van der Waals surface area contributed by atoms with Crippen LogP contribution in [0.25, 0.3) is 11.1 Å². The first-order valence-corrected chi connectivity index (χ1v) is 13.6. The van der Waals surface area contributed by atoms with Crippen molar-refractivity contribution in [2.75, 3.05) is 4.72 Å². The quantitative estimate of drug-likeness (QED) is 0.231. The summed E-state index contributed by atoms with van der Waals surface area (Å²) in [4.78, 5) is 0.233. The van der Waals surface area contributed by atoms with E-state index in [0.29, 0.717) is 5.69 Å². The van der Waals surface area contributed by atoms with Gasteiger partial charge in [0.1, 0.15) is 0 Å². The average Bonchev–Trinajstić information content (AvgIpc) is 2.93. The molecule has 3 nitrogen and oxygen atoms in total. The second-order valence-electron chi connectivity index (χ2n) is 8.85. The van der Waals surface area contributed by atoms with E-state index >= 15 is 0 Å². The summed E-state index contributed by atoms with van der Waals surface area (Å²) in [6, 6.07) is 45.2. The Bertz CT molecular complexity index is 1580. The molecule has 5 aromatic rings. The summed E-state index contributed by atoms with van der Waals surface area (Å²) in [6.45, 7) is 1.93. The van der Waals surface area contributed by atoms with Crippen molar-refractivity contribution >= 4 is 26.9 Å². The molecule has 0 bridgehead atoms. The molecule has 0 unspecified atom stereocenters. The molecule has 0 aliphatic rings. The minimum absolute atomic E-state index is 0.233. The van der Waals surface area contributed by atoms with Gasteiger partial charge < -0.3 is 0 Å². The zero-order valence-electron chi connectivity index (χ0n) is 20.5. The molecule has 182 valence electrons. The fourth-order valence-electron chi connectivity index (χ4n) is 4.39. The summed E-state index contributed by atoms with van der Waals surface area (Å²) in [5.41, 5.74) is 7.73. The molecule has 0 saturated heterocycles. The second kappa shape index (κ2) is 10.7. The second-order valence-corrected chi connectivity index (χ2v) is 10.5. The van der Waals surface area contributed by atoms with E-state index in [2.05, 4.69) is 41.1 Å². The summed E-state index contributed by atoms with van der Waals surface area (Å²) in [5, 5.41) is 0. The molecule has 0 aliphatic carbocycles. The SMILES string of the molecule is Cc1ccc(S(=O)(=O)Nc2cccc(C(=C(c3ccccc3)c3ccccc3)c3ccccc3)c2)cc1. The molecule has 0 atom stereocenters. The predicted octanol–water partition coefficient (Wildman–Crippen LogP) is 7.80. The van der Waals surface area contributed by atoms with E-state index in [1.165, 1.54) is 0 Å². The highest BCUT2D eigenvalue weighted by atomic mass is 32.2. The zero-order chi connectivity index (χ0) is 25.7.